The number of carbonyl (C=O) groups excluding carboxylic acids is 1. The zero-order valence-corrected chi connectivity index (χ0v) is 10.7. The Morgan fingerprint density at radius 1 is 1.56 bits per heavy atom. The summed E-state index contributed by atoms with van der Waals surface area (Å²) in [4.78, 5) is 11.6. The average molecular weight is 254 g/mol. The predicted molar refractivity (Wildman–Crippen MR) is 69.1 cm³/mol. The molecule has 0 aliphatic carbocycles. The van der Waals surface area contributed by atoms with Gasteiger partial charge in [-0.15, -0.1) is 0 Å². The van der Waals surface area contributed by atoms with Crippen molar-refractivity contribution >= 4 is 11.6 Å². The van der Waals surface area contributed by atoms with Crippen LogP contribution in [0.3, 0.4) is 0 Å². The van der Waals surface area contributed by atoms with Crippen LogP contribution in [-0.2, 0) is 4.79 Å². The number of carbonyl (C=O) groups is 1. The number of benzene rings is 1. The summed E-state index contributed by atoms with van der Waals surface area (Å²) >= 11 is 0. The molecule has 0 saturated carbocycles. The van der Waals surface area contributed by atoms with Gasteiger partial charge in [0, 0.05) is 18.5 Å². The lowest BCUT2D eigenvalue weighted by atomic mass is 10.1. The second-order valence-corrected chi connectivity index (χ2v) is 4.26. The summed E-state index contributed by atoms with van der Waals surface area (Å²) in [5.41, 5.74) is 5.72. The largest absolute Gasteiger partial charge is 0.497 e. The quantitative estimate of drug-likeness (QED) is 0.818. The first kappa shape index (κ1) is 14.4. The molecule has 1 unspecified atom stereocenters. The van der Waals surface area contributed by atoms with Crippen molar-refractivity contribution in [2.75, 3.05) is 12.4 Å². The van der Waals surface area contributed by atoms with E-state index in [2.05, 4.69) is 5.32 Å². The lowest BCUT2D eigenvalue weighted by molar-refractivity contribution is -0.116. The van der Waals surface area contributed by atoms with E-state index in [1.165, 1.54) is 25.3 Å². The zero-order chi connectivity index (χ0) is 13.5. The van der Waals surface area contributed by atoms with Gasteiger partial charge in [0.15, 0.2) is 0 Å². The summed E-state index contributed by atoms with van der Waals surface area (Å²) < 4.78 is 18.4. The number of nitrogens with one attached hydrogen (secondary N) is 1. The molecule has 5 heteroatoms. The summed E-state index contributed by atoms with van der Waals surface area (Å²) in [5.74, 6) is -0.193. The maximum Gasteiger partial charge on any atom is 0.224 e. The molecule has 0 fully saturated rings. The molecule has 1 rings (SSSR count). The third kappa shape index (κ3) is 4.71. The van der Waals surface area contributed by atoms with E-state index < -0.39 is 5.82 Å². The van der Waals surface area contributed by atoms with Crippen molar-refractivity contribution in [3.8, 4) is 5.75 Å². The van der Waals surface area contributed by atoms with Gasteiger partial charge in [0.1, 0.15) is 11.6 Å². The van der Waals surface area contributed by atoms with Crippen molar-refractivity contribution in [3.63, 3.8) is 0 Å². The van der Waals surface area contributed by atoms with Crippen LogP contribution in [0.2, 0.25) is 0 Å². The van der Waals surface area contributed by atoms with E-state index in [1.807, 2.05) is 6.92 Å². The van der Waals surface area contributed by atoms with Crippen molar-refractivity contribution in [1.29, 1.82) is 0 Å². The van der Waals surface area contributed by atoms with E-state index >= 15 is 0 Å². The fraction of sp³-hybridized carbons (Fsp3) is 0.462. The molecule has 0 aliphatic heterocycles. The van der Waals surface area contributed by atoms with E-state index in [9.17, 15) is 9.18 Å². The van der Waals surface area contributed by atoms with Gasteiger partial charge < -0.3 is 15.8 Å². The number of halogens is 1. The van der Waals surface area contributed by atoms with Crippen molar-refractivity contribution in [2.45, 2.75) is 32.2 Å². The molecular weight excluding hydrogens is 235 g/mol. The molecule has 0 spiro atoms. The summed E-state index contributed by atoms with van der Waals surface area (Å²) in [6, 6.07) is 4.29. The Hall–Kier alpha value is -1.62. The van der Waals surface area contributed by atoms with Crippen LogP contribution in [0.4, 0.5) is 10.1 Å². The fourth-order valence-electron chi connectivity index (χ4n) is 1.52. The van der Waals surface area contributed by atoms with Crippen molar-refractivity contribution in [2.24, 2.45) is 5.73 Å². The molecule has 1 aromatic carbocycles. The Bertz CT molecular complexity index is 408. The Labute approximate surface area is 106 Å². The highest BCUT2D eigenvalue weighted by atomic mass is 19.1. The van der Waals surface area contributed by atoms with Crippen LogP contribution in [0.15, 0.2) is 18.2 Å². The Morgan fingerprint density at radius 2 is 2.28 bits per heavy atom. The van der Waals surface area contributed by atoms with Gasteiger partial charge >= 0.3 is 0 Å². The van der Waals surface area contributed by atoms with Crippen LogP contribution in [-0.4, -0.2) is 19.1 Å². The second-order valence-electron chi connectivity index (χ2n) is 4.26. The molecule has 1 aromatic rings. The van der Waals surface area contributed by atoms with Crippen molar-refractivity contribution in [3.05, 3.63) is 24.0 Å². The maximum absolute atomic E-state index is 13.4. The number of rotatable bonds is 6. The standard InChI is InChI=1S/C13H19FN2O2/c1-9(15)4-3-5-13(17)16-12-8-10(18-2)6-7-11(12)14/h6-9H,3-5,15H2,1-2H3,(H,16,17). The molecule has 0 bridgehead atoms. The lowest BCUT2D eigenvalue weighted by Crippen LogP contribution is -2.17. The third-order valence-corrected chi connectivity index (χ3v) is 2.51. The molecule has 100 valence electrons. The lowest BCUT2D eigenvalue weighted by Gasteiger charge is -2.09. The van der Waals surface area contributed by atoms with Crippen molar-refractivity contribution in [1.82, 2.24) is 0 Å². The van der Waals surface area contributed by atoms with Gasteiger partial charge in [0.25, 0.3) is 0 Å². The molecule has 1 amide bonds. The summed E-state index contributed by atoms with van der Waals surface area (Å²) in [5, 5.41) is 2.52. The molecule has 0 heterocycles. The van der Waals surface area contributed by atoms with Crippen molar-refractivity contribution < 1.29 is 13.9 Å². The smallest absolute Gasteiger partial charge is 0.224 e. The number of methoxy groups -OCH3 is 1. The first-order valence-corrected chi connectivity index (χ1v) is 5.92. The Kier molecular flexibility index (Phi) is 5.58. The summed E-state index contributed by atoms with van der Waals surface area (Å²) in [6.45, 7) is 1.89. The minimum Gasteiger partial charge on any atom is -0.497 e. The van der Waals surface area contributed by atoms with E-state index in [0.29, 0.717) is 18.6 Å². The molecule has 0 aromatic heterocycles. The van der Waals surface area contributed by atoms with Crippen LogP contribution in [0.25, 0.3) is 0 Å². The van der Waals surface area contributed by atoms with Gasteiger partial charge in [-0.3, -0.25) is 4.79 Å². The van der Waals surface area contributed by atoms with Gasteiger partial charge in [-0.25, -0.2) is 4.39 Å². The minimum atomic E-state index is -0.476. The summed E-state index contributed by atoms with van der Waals surface area (Å²) in [7, 11) is 1.49. The molecule has 0 aliphatic rings. The van der Waals surface area contributed by atoms with Crippen LogP contribution in [0.1, 0.15) is 26.2 Å². The summed E-state index contributed by atoms with van der Waals surface area (Å²) in [6.07, 6.45) is 1.79. The van der Waals surface area contributed by atoms with E-state index in [-0.39, 0.29) is 17.6 Å². The van der Waals surface area contributed by atoms with Gasteiger partial charge in [-0.1, -0.05) is 0 Å². The van der Waals surface area contributed by atoms with Gasteiger partial charge in [0.05, 0.1) is 12.8 Å². The molecule has 4 nitrogen and oxygen atoms in total. The Balaban J connectivity index is 2.53. The fourth-order valence-corrected chi connectivity index (χ4v) is 1.52. The number of hydrogen-bond donors (Lipinski definition) is 2. The monoisotopic (exact) mass is 254 g/mol. The first-order valence-electron chi connectivity index (χ1n) is 5.92. The number of hydrogen-bond acceptors (Lipinski definition) is 3. The van der Waals surface area contributed by atoms with Crippen LogP contribution in [0.5, 0.6) is 5.75 Å². The van der Waals surface area contributed by atoms with Gasteiger partial charge in [-0.2, -0.15) is 0 Å². The SMILES string of the molecule is COc1ccc(F)c(NC(=O)CCCC(C)N)c1. The average Bonchev–Trinajstić information content (AvgIpc) is 2.31. The molecule has 1 atom stereocenters. The predicted octanol–water partition coefficient (Wildman–Crippen LogP) is 2.29. The van der Waals surface area contributed by atoms with Crippen LogP contribution < -0.4 is 15.8 Å². The first-order chi connectivity index (χ1) is 8.52. The Morgan fingerprint density at radius 3 is 2.89 bits per heavy atom. The highest BCUT2D eigenvalue weighted by Crippen LogP contribution is 2.21. The van der Waals surface area contributed by atoms with Gasteiger partial charge in [-0.05, 0) is 31.9 Å². The molecule has 0 saturated heterocycles. The number of ether oxygens (including phenoxy) is 1. The maximum atomic E-state index is 13.4. The van der Waals surface area contributed by atoms with E-state index in [4.69, 9.17) is 10.5 Å². The zero-order valence-electron chi connectivity index (χ0n) is 10.7. The number of amides is 1. The third-order valence-electron chi connectivity index (χ3n) is 2.51. The van der Waals surface area contributed by atoms with Crippen LogP contribution >= 0.6 is 0 Å². The minimum absolute atomic E-state index is 0.0753. The van der Waals surface area contributed by atoms with Gasteiger partial charge in [0.2, 0.25) is 5.91 Å². The molecule has 3 N–H and O–H groups in total. The molecule has 0 radical (unpaired) electrons. The number of anilines is 1. The normalized spacial score (nSPS) is 12.0. The van der Waals surface area contributed by atoms with Crippen LogP contribution in [0, 0.1) is 5.82 Å². The molecular formula is C13H19FN2O2. The number of nitrogens with two attached hydrogens (primary N) is 1. The highest BCUT2D eigenvalue weighted by molar-refractivity contribution is 5.91. The highest BCUT2D eigenvalue weighted by Gasteiger charge is 2.08. The van der Waals surface area contributed by atoms with E-state index in [1.54, 1.807) is 0 Å². The topological polar surface area (TPSA) is 64.3 Å². The second kappa shape index (κ2) is 6.96. The molecule has 18 heavy (non-hydrogen) atoms. The van der Waals surface area contributed by atoms with E-state index in [0.717, 1.165) is 6.42 Å².